The van der Waals surface area contributed by atoms with E-state index in [1.165, 1.54) is 0 Å². The largest absolute Gasteiger partial charge is 0.424 e. The summed E-state index contributed by atoms with van der Waals surface area (Å²) in [6, 6.07) is 5.82. The van der Waals surface area contributed by atoms with Crippen molar-refractivity contribution in [2.75, 3.05) is 6.54 Å². The van der Waals surface area contributed by atoms with Crippen LogP contribution in [0.15, 0.2) is 30.6 Å². The van der Waals surface area contributed by atoms with Crippen LogP contribution in [0.5, 0.6) is 11.8 Å². The lowest BCUT2D eigenvalue weighted by atomic mass is 10.2. The number of aromatic nitrogens is 2. The summed E-state index contributed by atoms with van der Waals surface area (Å²) in [4.78, 5) is 8.41. The molecule has 0 aliphatic rings. The maximum Gasteiger partial charge on any atom is 0.321 e. The molecule has 1 N–H and O–H groups in total. The third-order valence-corrected chi connectivity index (χ3v) is 3.02. The molecular formula is C15H18ClN3O. The quantitative estimate of drug-likeness (QED) is 0.824. The topological polar surface area (TPSA) is 47.0 Å². The van der Waals surface area contributed by atoms with Crippen molar-refractivity contribution in [3.05, 3.63) is 46.7 Å². The molecule has 0 aliphatic carbocycles. The van der Waals surface area contributed by atoms with Gasteiger partial charge in [0, 0.05) is 29.5 Å². The van der Waals surface area contributed by atoms with Crippen LogP contribution in [0.4, 0.5) is 0 Å². The molecule has 0 saturated carbocycles. The minimum atomic E-state index is 0.328. The summed E-state index contributed by atoms with van der Waals surface area (Å²) in [6.07, 6.45) is 4.64. The number of nitrogens with one attached hydrogen (secondary N) is 1. The zero-order valence-corrected chi connectivity index (χ0v) is 12.4. The number of benzene rings is 1. The van der Waals surface area contributed by atoms with Crippen molar-refractivity contribution in [3.8, 4) is 11.8 Å². The van der Waals surface area contributed by atoms with E-state index in [-0.39, 0.29) is 0 Å². The summed E-state index contributed by atoms with van der Waals surface area (Å²) in [5, 5.41) is 3.93. The Morgan fingerprint density at radius 2 is 2.00 bits per heavy atom. The molecule has 0 bridgehead atoms. The van der Waals surface area contributed by atoms with Crippen molar-refractivity contribution in [3.63, 3.8) is 0 Å². The highest BCUT2D eigenvalue weighted by Crippen LogP contribution is 2.25. The molecule has 0 unspecified atom stereocenters. The Bertz CT molecular complexity index is 558. The maximum absolute atomic E-state index is 5.95. The molecule has 5 heteroatoms. The zero-order valence-electron chi connectivity index (χ0n) is 11.7. The second-order valence-corrected chi connectivity index (χ2v) is 5.00. The van der Waals surface area contributed by atoms with Crippen LogP contribution in [0.25, 0.3) is 0 Å². The number of hydrogen-bond donors (Lipinski definition) is 1. The molecule has 2 rings (SSSR count). The van der Waals surface area contributed by atoms with Crippen LogP contribution >= 0.6 is 11.6 Å². The first-order valence-corrected chi connectivity index (χ1v) is 7.02. The van der Waals surface area contributed by atoms with Gasteiger partial charge in [0.25, 0.3) is 0 Å². The molecule has 1 aromatic heterocycles. The maximum atomic E-state index is 5.95. The molecule has 0 radical (unpaired) electrons. The van der Waals surface area contributed by atoms with E-state index in [1.807, 2.05) is 19.1 Å². The molecule has 2 aromatic rings. The normalized spacial score (nSPS) is 10.6. The Labute approximate surface area is 124 Å². The van der Waals surface area contributed by atoms with Gasteiger partial charge in [0.2, 0.25) is 0 Å². The summed E-state index contributed by atoms with van der Waals surface area (Å²) in [7, 11) is 0. The van der Waals surface area contributed by atoms with E-state index in [9.17, 15) is 0 Å². The zero-order chi connectivity index (χ0) is 14.4. The fraction of sp³-hybridized carbons (Fsp3) is 0.333. The van der Waals surface area contributed by atoms with Crippen molar-refractivity contribution in [1.82, 2.24) is 15.3 Å². The second kappa shape index (κ2) is 7.22. The first-order chi connectivity index (χ1) is 9.69. The van der Waals surface area contributed by atoms with E-state index < -0.39 is 0 Å². The van der Waals surface area contributed by atoms with Gasteiger partial charge < -0.3 is 10.1 Å². The molecule has 1 heterocycles. The molecule has 0 amide bonds. The Hall–Kier alpha value is -1.65. The summed E-state index contributed by atoms with van der Waals surface area (Å²) in [5.74, 6) is 0.675. The van der Waals surface area contributed by atoms with Crippen LogP contribution < -0.4 is 10.1 Å². The van der Waals surface area contributed by atoms with Crippen molar-refractivity contribution in [1.29, 1.82) is 0 Å². The standard InChI is InChI=1S/C15H18ClN3O/c1-3-6-17-8-12-9-18-15(19-10-12)20-14-7-13(16)5-4-11(14)2/h4-5,7,9-10,17H,3,6,8H2,1-2H3. The van der Waals surface area contributed by atoms with E-state index >= 15 is 0 Å². The third kappa shape index (κ3) is 4.18. The molecule has 0 spiro atoms. The van der Waals surface area contributed by atoms with E-state index in [0.717, 1.165) is 30.6 Å². The van der Waals surface area contributed by atoms with Crippen molar-refractivity contribution < 1.29 is 4.74 Å². The molecule has 4 nitrogen and oxygen atoms in total. The molecule has 0 atom stereocenters. The van der Waals surface area contributed by atoms with Crippen molar-refractivity contribution >= 4 is 11.6 Å². The number of hydrogen-bond acceptors (Lipinski definition) is 4. The SMILES string of the molecule is CCCNCc1cnc(Oc2cc(Cl)ccc2C)nc1. The highest BCUT2D eigenvalue weighted by Gasteiger charge is 2.05. The first kappa shape index (κ1) is 14.8. The number of halogens is 1. The summed E-state index contributed by atoms with van der Waals surface area (Å²) in [5.41, 5.74) is 2.03. The molecule has 106 valence electrons. The van der Waals surface area contributed by atoms with E-state index in [1.54, 1.807) is 18.5 Å². The fourth-order valence-corrected chi connectivity index (χ4v) is 1.84. The van der Waals surface area contributed by atoms with Crippen LogP contribution in [0, 0.1) is 6.92 Å². The van der Waals surface area contributed by atoms with Crippen molar-refractivity contribution in [2.45, 2.75) is 26.8 Å². The number of aryl methyl sites for hydroxylation is 1. The lowest BCUT2D eigenvalue weighted by Crippen LogP contribution is -2.14. The first-order valence-electron chi connectivity index (χ1n) is 6.64. The van der Waals surface area contributed by atoms with Gasteiger partial charge in [-0.3, -0.25) is 0 Å². The average molecular weight is 292 g/mol. The smallest absolute Gasteiger partial charge is 0.321 e. The Morgan fingerprint density at radius 1 is 1.25 bits per heavy atom. The van der Waals surface area contributed by atoms with Gasteiger partial charge in [-0.25, -0.2) is 9.97 Å². The predicted octanol–water partition coefficient (Wildman–Crippen LogP) is 3.73. The van der Waals surface area contributed by atoms with Gasteiger partial charge in [0.1, 0.15) is 5.75 Å². The predicted molar refractivity (Wildman–Crippen MR) is 80.3 cm³/mol. The van der Waals surface area contributed by atoms with Crippen LogP contribution in [-0.2, 0) is 6.54 Å². The van der Waals surface area contributed by atoms with Gasteiger partial charge in [-0.2, -0.15) is 0 Å². The lowest BCUT2D eigenvalue weighted by molar-refractivity contribution is 0.437. The van der Waals surface area contributed by atoms with Crippen LogP contribution in [0.3, 0.4) is 0 Å². The van der Waals surface area contributed by atoms with Crippen LogP contribution in [-0.4, -0.2) is 16.5 Å². The lowest BCUT2D eigenvalue weighted by Gasteiger charge is -2.08. The van der Waals surface area contributed by atoms with Gasteiger partial charge in [-0.15, -0.1) is 0 Å². The third-order valence-electron chi connectivity index (χ3n) is 2.79. The van der Waals surface area contributed by atoms with Crippen molar-refractivity contribution in [2.24, 2.45) is 0 Å². The van der Waals surface area contributed by atoms with E-state index in [2.05, 4.69) is 22.2 Å². The number of ether oxygens (including phenoxy) is 1. The highest BCUT2D eigenvalue weighted by atomic mass is 35.5. The monoisotopic (exact) mass is 291 g/mol. The highest BCUT2D eigenvalue weighted by molar-refractivity contribution is 6.30. The molecule has 0 fully saturated rings. The number of nitrogens with zero attached hydrogens (tertiary/aromatic N) is 2. The Morgan fingerprint density at radius 3 is 2.70 bits per heavy atom. The summed E-state index contributed by atoms with van der Waals surface area (Å²) in [6.45, 7) is 5.84. The van der Waals surface area contributed by atoms with E-state index in [0.29, 0.717) is 16.8 Å². The number of rotatable bonds is 6. The van der Waals surface area contributed by atoms with Gasteiger partial charge in [-0.05, 0) is 37.6 Å². The molecule has 1 aromatic carbocycles. The molecular weight excluding hydrogens is 274 g/mol. The van der Waals surface area contributed by atoms with Crippen LogP contribution in [0.2, 0.25) is 5.02 Å². The van der Waals surface area contributed by atoms with E-state index in [4.69, 9.17) is 16.3 Å². The fourth-order valence-electron chi connectivity index (χ4n) is 1.68. The van der Waals surface area contributed by atoms with Gasteiger partial charge in [-0.1, -0.05) is 24.6 Å². The molecule has 0 aliphatic heterocycles. The minimum Gasteiger partial charge on any atom is -0.424 e. The van der Waals surface area contributed by atoms with Gasteiger partial charge in [0.05, 0.1) is 0 Å². The van der Waals surface area contributed by atoms with Gasteiger partial charge >= 0.3 is 6.01 Å². The second-order valence-electron chi connectivity index (χ2n) is 4.56. The summed E-state index contributed by atoms with van der Waals surface area (Å²) >= 11 is 5.95. The Balaban J connectivity index is 2.01. The van der Waals surface area contributed by atoms with Crippen LogP contribution in [0.1, 0.15) is 24.5 Å². The average Bonchev–Trinajstić information content (AvgIpc) is 2.45. The molecule has 20 heavy (non-hydrogen) atoms. The minimum absolute atomic E-state index is 0.328. The Kier molecular flexibility index (Phi) is 5.32. The van der Waals surface area contributed by atoms with Gasteiger partial charge in [0.15, 0.2) is 0 Å². The summed E-state index contributed by atoms with van der Waals surface area (Å²) < 4.78 is 5.64. The molecule has 0 saturated heterocycles.